The first kappa shape index (κ1) is 12.1. The minimum Gasteiger partial charge on any atom is -0.361 e. The summed E-state index contributed by atoms with van der Waals surface area (Å²) in [5.74, 6) is 0.803. The normalized spacial score (nSPS) is 10.9. The van der Waals surface area contributed by atoms with Crippen molar-refractivity contribution in [3.05, 3.63) is 61.1 Å². The van der Waals surface area contributed by atoms with Crippen LogP contribution in [0.1, 0.15) is 0 Å². The first-order valence-electron chi connectivity index (χ1n) is 6.60. The van der Waals surface area contributed by atoms with Gasteiger partial charge in [0.25, 0.3) is 0 Å². The number of fused-ring (bicyclic) bond motifs is 1. The summed E-state index contributed by atoms with van der Waals surface area (Å²) in [6, 6.07) is 14.0. The highest BCUT2D eigenvalue weighted by molar-refractivity contribution is 7.19. The minimum atomic E-state index is 0.803. The third-order valence-corrected chi connectivity index (χ3v) is 4.21. The van der Waals surface area contributed by atoms with Gasteiger partial charge in [-0.2, -0.15) is 0 Å². The zero-order valence-electron chi connectivity index (χ0n) is 11.1. The molecule has 0 spiro atoms. The fourth-order valence-corrected chi connectivity index (χ4v) is 3.13. The van der Waals surface area contributed by atoms with Crippen LogP contribution >= 0.6 is 11.3 Å². The summed E-state index contributed by atoms with van der Waals surface area (Å²) in [6.45, 7) is 0. The van der Waals surface area contributed by atoms with Gasteiger partial charge in [0.1, 0.15) is 5.82 Å². The van der Waals surface area contributed by atoms with Crippen LogP contribution in [-0.2, 0) is 0 Å². The molecule has 21 heavy (non-hydrogen) atoms. The molecule has 4 aromatic rings. The molecule has 0 amide bonds. The molecule has 4 nitrogen and oxygen atoms in total. The molecule has 0 radical (unpaired) electrons. The number of nitrogens with one attached hydrogen (secondary N) is 2. The largest absolute Gasteiger partial charge is 0.361 e. The molecule has 0 fully saturated rings. The smallest absolute Gasteiger partial charge is 0.188 e. The molecule has 0 bridgehead atoms. The molecule has 102 valence electrons. The zero-order chi connectivity index (χ0) is 14.1. The Morgan fingerprint density at radius 3 is 2.81 bits per heavy atom. The Bertz CT molecular complexity index is 879. The predicted octanol–water partition coefficient (Wildman–Crippen LogP) is 4.43. The molecule has 3 aromatic heterocycles. The number of benzene rings is 1. The maximum Gasteiger partial charge on any atom is 0.188 e. The van der Waals surface area contributed by atoms with Crippen molar-refractivity contribution in [2.75, 3.05) is 5.32 Å². The molecular formula is C16H12N4S. The Morgan fingerprint density at radius 2 is 1.90 bits per heavy atom. The number of H-pyrrole nitrogens is 1. The van der Waals surface area contributed by atoms with E-state index in [1.165, 1.54) is 10.9 Å². The lowest BCUT2D eigenvalue weighted by atomic mass is 10.1. The van der Waals surface area contributed by atoms with Crippen LogP contribution < -0.4 is 5.32 Å². The number of aromatic amines is 1. The predicted molar refractivity (Wildman–Crippen MR) is 86.9 cm³/mol. The second-order valence-corrected chi connectivity index (χ2v) is 5.65. The molecule has 0 aliphatic carbocycles. The van der Waals surface area contributed by atoms with Gasteiger partial charge in [-0.25, -0.2) is 9.97 Å². The molecule has 0 atom stereocenters. The van der Waals surface area contributed by atoms with E-state index in [0.29, 0.717) is 0 Å². The summed E-state index contributed by atoms with van der Waals surface area (Å²) < 4.78 is 0. The van der Waals surface area contributed by atoms with Crippen molar-refractivity contribution in [2.24, 2.45) is 0 Å². The van der Waals surface area contributed by atoms with Crippen LogP contribution in [0, 0.1) is 0 Å². The lowest BCUT2D eigenvalue weighted by molar-refractivity contribution is 1.29. The number of pyridine rings is 1. The van der Waals surface area contributed by atoms with Crippen LogP contribution in [0.4, 0.5) is 10.9 Å². The molecule has 2 N–H and O–H groups in total. The van der Waals surface area contributed by atoms with Crippen LogP contribution in [0.15, 0.2) is 61.1 Å². The van der Waals surface area contributed by atoms with Gasteiger partial charge in [0, 0.05) is 35.1 Å². The van der Waals surface area contributed by atoms with Crippen LogP contribution in [0.5, 0.6) is 0 Å². The Balaban J connectivity index is 1.68. The molecule has 0 aliphatic rings. The van der Waals surface area contributed by atoms with E-state index in [4.69, 9.17) is 0 Å². The SMILES string of the molecule is c1ccc(Nc2ncc(-c3c[nH]c4ccccc34)s2)nc1. The quantitative estimate of drug-likeness (QED) is 0.587. The summed E-state index contributed by atoms with van der Waals surface area (Å²) >= 11 is 1.62. The van der Waals surface area contributed by atoms with Crippen molar-refractivity contribution in [2.45, 2.75) is 0 Å². The molecule has 0 unspecified atom stereocenters. The minimum absolute atomic E-state index is 0.803. The Hall–Kier alpha value is -2.66. The van der Waals surface area contributed by atoms with Crippen LogP contribution in [0.3, 0.4) is 0 Å². The summed E-state index contributed by atoms with van der Waals surface area (Å²) in [6.07, 6.45) is 5.69. The monoisotopic (exact) mass is 292 g/mol. The highest BCUT2D eigenvalue weighted by Crippen LogP contribution is 2.34. The summed E-state index contributed by atoms with van der Waals surface area (Å²) in [7, 11) is 0. The second-order valence-electron chi connectivity index (χ2n) is 4.62. The van der Waals surface area contributed by atoms with E-state index >= 15 is 0 Å². The Morgan fingerprint density at radius 1 is 1.00 bits per heavy atom. The van der Waals surface area contributed by atoms with Crippen molar-refractivity contribution >= 4 is 33.2 Å². The fourth-order valence-electron chi connectivity index (χ4n) is 2.28. The van der Waals surface area contributed by atoms with Gasteiger partial charge >= 0.3 is 0 Å². The first-order valence-corrected chi connectivity index (χ1v) is 7.42. The average Bonchev–Trinajstić information content (AvgIpc) is 3.14. The first-order chi connectivity index (χ1) is 10.4. The van der Waals surface area contributed by atoms with E-state index in [9.17, 15) is 0 Å². The number of nitrogens with zero attached hydrogens (tertiary/aromatic N) is 2. The summed E-state index contributed by atoms with van der Waals surface area (Å²) in [5.41, 5.74) is 2.32. The van der Waals surface area contributed by atoms with Crippen molar-refractivity contribution in [1.29, 1.82) is 0 Å². The standard InChI is InChI=1S/C16H12N4S/c1-2-6-13-11(5-1)12(9-18-13)14-10-19-16(21-14)20-15-7-3-4-8-17-15/h1-10,18H,(H,17,19,20). The maximum atomic E-state index is 4.43. The highest BCUT2D eigenvalue weighted by atomic mass is 32.1. The van der Waals surface area contributed by atoms with Crippen LogP contribution in [0.25, 0.3) is 21.3 Å². The summed E-state index contributed by atoms with van der Waals surface area (Å²) in [4.78, 5) is 13.1. The second kappa shape index (κ2) is 5.03. The van der Waals surface area contributed by atoms with Gasteiger partial charge in [0.05, 0.1) is 4.88 Å². The van der Waals surface area contributed by atoms with E-state index in [2.05, 4.69) is 32.4 Å². The lowest BCUT2D eigenvalue weighted by Crippen LogP contribution is -1.90. The van der Waals surface area contributed by atoms with Gasteiger partial charge in [-0.15, -0.1) is 0 Å². The van der Waals surface area contributed by atoms with E-state index < -0.39 is 0 Å². The van der Waals surface area contributed by atoms with Gasteiger partial charge in [0.2, 0.25) is 0 Å². The van der Waals surface area contributed by atoms with Gasteiger partial charge < -0.3 is 10.3 Å². The summed E-state index contributed by atoms with van der Waals surface area (Å²) in [5, 5.41) is 5.28. The van der Waals surface area contributed by atoms with Crippen molar-refractivity contribution in [3.63, 3.8) is 0 Å². The molecule has 4 rings (SSSR count). The Labute approximate surface area is 125 Å². The third-order valence-electron chi connectivity index (χ3n) is 3.26. The topological polar surface area (TPSA) is 53.6 Å². The number of thiazole rings is 1. The molecule has 5 heteroatoms. The van der Waals surface area contributed by atoms with Gasteiger partial charge in [-0.1, -0.05) is 35.6 Å². The van der Waals surface area contributed by atoms with Crippen molar-refractivity contribution < 1.29 is 0 Å². The van der Waals surface area contributed by atoms with E-state index in [0.717, 1.165) is 21.3 Å². The van der Waals surface area contributed by atoms with Crippen LogP contribution in [-0.4, -0.2) is 15.0 Å². The van der Waals surface area contributed by atoms with Gasteiger partial charge in [-0.05, 0) is 18.2 Å². The average molecular weight is 292 g/mol. The number of hydrogen-bond acceptors (Lipinski definition) is 4. The van der Waals surface area contributed by atoms with Gasteiger partial charge in [-0.3, -0.25) is 0 Å². The number of anilines is 2. The molecule has 3 heterocycles. The number of hydrogen-bond donors (Lipinski definition) is 2. The molecule has 1 aromatic carbocycles. The van der Waals surface area contributed by atoms with Crippen molar-refractivity contribution in [1.82, 2.24) is 15.0 Å². The zero-order valence-corrected chi connectivity index (χ0v) is 11.9. The molecule has 0 aliphatic heterocycles. The highest BCUT2D eigenvalue weighted by Gasteiger charge is 2.09. The molecular weight excluding hydrogens is 280 g/mol. The maximum absolute atomic E-state index is 4.43. The molecule has 0 saturated heterocycles. The van der Waals surface area contributed by atoms with Crippen molar-refractivity contribution in [3.8, 4) is 10.4 Å². The Kier molecular flexibility index (Phi) is 2.90. The fraction of sp³-hybridized carbons (Fsp3) is 0. The molecule has 0 saturated carbocycles. The van der Waals surface area contributed by atoms with E-state index in [1.54, 1.807) is 17.5 Å². The number of aromatic nitrogens is 3. The van der Waals surface area contributed by atoms with E-state index in [1.807, 2.05) is 42.7 Å². The van der Waals surface area contributed by atoms with E-state index in [-0.39, 0.29) is 0 Å². The third kappa shape index (κ3) is 2.28. The number of rotatable bonds is 3. The van der Waals surface area contributed by atoms with Crippen LogP contribution in [0.2, 0.25) is 0 Å². The van der Waals surface area contributed by atoms with Gasteiger partial charge in [0.15, 0.2) is 5.13 Å². The lowest BCUT2D eigenvalue weighted by Gasteiger charge is -1.99. The number of para-hydroxylation sites is 1.